The van der Waals surface area contributed by atoms with Crippen molar-refractivity contribution in [1.82, 2.24) is 0 Å². The van der Waals surface area contributed by atoms with Crippen LogP contribution in [0.2, 0.25) is 0 Å². The summed E-state index contributed by atoms with van der Waals surface area (Å²) >= 11 is 0. The van der Waals surface area contributed by atoms with Gasteiger partial charge in [-0.2, -0.15) is 0 Å². The molecule has 0 aromatic carbocycles. The van der Waals surface area contributed by atoms with Crippen molar-refractivity contribution in [1.29, 1.82) is 0 Å². The minimum atomic E-state index is -0.777. The highest BCUT2D eigenvalue weighted by Gasteiger charge is 2.30. The van der Waals surface area contributed by atoms with Crippen molar-refractivity contribution in [3.05, 3.63) is 181 Å². The summed E-state index contributed by atoms with van der Waals surface area (Å²) in [5.74, 6) is -3.06. The zero-order chi connectivity index (χ0) is 88.1. The van der Waals surface area contributed by atoms with E-state index in [4.69, 9.17) is 25.5 Å². The van der Waals surface area contributed by atoms with Crippen LogP contribution in [0, 0.1) is 47.3 Å². The van der Waals surface area contributed by atoms with Gasteiger partial charge in [0.25, 0.3) is 0 Å². The Balaban J connectivity index is 0.000000744. The Morgan fingerprint density at radius 3 is 1.20 bits per heavy atom. The molecule has 12 atom stereocenters. The van der Waals surface area contributed by atoms with Crippen LogP contribution in [0.1, 0.15) is 311 Å². The van der Waals surface area contributed by atoms with Crippen molar-refractivity contribution in [3.8, 4) is 0 Å². The number of ketones is 5. The molecular weight excluding hydrogens is 1510 g/mol. The van der Waals surface area contributed by atoms with E-state index in [1.807, 2.05) is 128 Å². The lowest BCUT2D eigenvalue weighted by atomic mass is 9.88. The van der Waals surface area contributed by atoms with Gasteiger partial charge in [-0.25, -0.2) is 0 Å². The summed E-state index contributed by atoms with van der Waals surface area (Å²) < 4.78 is 0. The number of aliphatic hydroxyl groups is 4. The summed E-state index contributed by atoms with van der Waals surface area (Å²) in [6, 6.07) is 0. The summed E-state index contributed by atoms with van der Waals surface area (Å²) in [5.41, 5.74) is 1.63. The summed E-state index contributed by atoms with van der Waals surface area (Å²) in [5, 5.41) is 82.8. The van der Waals surface area contributed by atoms with E-state index < -0.39 is 48.2 Å². The first-order valence-electron chi connectivity index (χ1n) is 45.0. The van der Waals surface area contributed by atoms with Crippen molar-refractivity contribution in [3.63, 3.8) is 0 Å². The summed E-state index contributed by atoms with van der Waals surface area (Å²) in [6.07, 6.45) is 86.5. The van der Waals surface area contributed by atoms with E-state index in [2.05, 4.69) is 40.7 Å². The van der Waals surface area contributed by atoms with Crippen molar-refractivity contribution < 1.29 is 93.9 Å². The number of carboxylic acids is 5. The number of unbranched alkanes of at least 4 members (excludes halogenated alkanes) is 18. The molecule has 5 rings (SSSR count). The maximum absolute atomic E-state index is 12.0. The molecule has 19 nitrogen and oxygen atoms in total. The van der Waals surface area contributed by atoms with Gasteiger partial charge in [0.1, 0.15) is 0 Å². The molecule has 0 radical (unpaired) electrons. The first-order valence-corrected chi connectivity index (χ1v) is 45.0. The molecule has 0 aliphatic heterocycles. The van der Waals surface area contributed by atoms with Crippen LogP contribution in [0.5, 0.6) is 0 Å². The number of aliphatic hydroxyl groups excluding tert-OH is 4. The van der Waals surface area contributed by atoms with Crippen LogP contribution in [0.3, 0.4) is 0 Å². The molecule has 0 heterocycles. The van der Waals surface area contributed by atoms with Crippen LogP contribution in [0.15, 0.2) is 181 Å². The number of carbonyl (C=O) groups is 10. The van der Waals surface area contributed by atoms with E-state index in [1.54, 1.807) is 36.5 Å². The third kappa shape index (κ3) is 56.7. The second-order valence-electron chi connectivity index (χ2n) is 31.8. The highest BCUT2D eigenvalue weighted by molar-refractivity contribution is 6.08. The molecule has 0 amide bonds. The fraction of sp³-hybridized carbons (Fsp3) is 0.600. The Bertz CT molecular complexity index is 3400. The normalized spacial score (nSPS) is 21.1. The van der Waals surface area contributed by atoms with Gasteiger partial charge < -0.3 is 46.0 Å². The lowest BCUT2D eigenvalue weighted by molar-refractivity contribution is -0.138. The van der Waals surface area contributed by atoms with Gasteiger partial charge in [-0.05, 0) is 171 Å². The Labute approximate surface area is 712 Å². The third-order valence-electron chi connectivity index (χ3n) is 21.3. The van der Waals surface area contributed by atoms with Crippen molar-refractivity contribution in [2.24, 2.45) is 47.3 Å². The lowest BCUT2D eigenvalue weighted by Gasteiger charge is -2.15. The highest BCUT2D eigenvalue weighted by Crippen LogP contribution is 2.33. The number of hydrogen-bond acceptors (Lipinski definition) is 14. The van der Waals surface area contributed by atoms with Crippen LogP contribution < -0.4 is 0 Å². The minimum Gasteiger partial charge on any atom is -0.481 e. The van der Waals surface area contributed by atoms with Crippen LogP contribution in [-0.4, -0.2) is 129 Å². The molecule has 119 heavy (non-hydrogen) atoms. The highest BCUT2D eigenvalue weighted by atomic mass is 16.4. The lowest BCUT2D eigenvalue weighted by Crippen LogP contribution is -2.15. The molecule has 0 saturated heterocycles. The zero-order valence-electron chi connectivity index (χ0n) is 72.6. The van der Waals surface area contributed by atoms with Gasteiger partial charge in [0, 0.05) is 84.7 Å². The Kier molecular flexibility index (Phi) is 65.2. The Morgan fingerprint density at radius 2 is 0.731 bits per heavy atom. The Morgan fingerprint density at radius 1 is 0.353 bits per heavy atom. The molecule has 5 aliphatic carbocycles. The molecule has 4 unspecified atom stereocenters. The molecule has 664 valence electrons. The molecule has 0 aromatic heterocycles. The topological polar surface area (TPSA) is 353 Å². The number of rotatable bonds is 60. The minimum absolute atomic E-state index is 0.0106. The predicted octanol–water partition coefficient (Wildman–Crippen LogP) is 21.6. The molecule has 0 fully saturated rings. The van der Waals surface area contributed by atoms with Crippen LogP contribution >= 0.6 is 0 Å². The number of allylic oxidation sites excluding steroid dienone is 26. The fourth-order valence-electron chi connectivity index (χ4n) is 14.1. The second kappa shape index (κ2) is 71.4. The number of hydrogen-bond donors (Lipinski definition) is 9. The van der Waals surface area contributed by atoms with Gasteiger partial charge in [0.05, 0.1) is 24.4 Å². The summed E-state index contributed by atoms with van der Waals surface area (Å²) in [6.45, 7) is 10.7. The number of aliphatic carboxylic acids is 5. The first-order chi connectivity index (χ1) is 57.3. The van der Waals surface area contributed by atoms with Crippen LogP contribution in [0.25, 0.3) is 0 Å². The monoisotopic (exact) mass is 1660 g/mol. The van der Waals surface area contributed by atoms with Gasteiger partial charge in [-0.15, -0.1) is 0 Å². The standard InChI is InChI=1S/2C20H30O4.C20H32O4.C20H30O4.C20H28O3/c2*1-2-3-6-10-17(21)13-14-18-16(12-15-19(18)22)9-7-4-5-8-11-20(23)24;2*1-2-3-6-9-17(21)14-12-16-13-15-19(22)18(16)10-7-4-5-8-11-20(23)24;1-2-3-4-5-6-10-13-18-17(15-16-19(18)21)12-9-7-8-11-14-20(22)23/h4,7,12,14-17,21H,2-3,5-6,8-11,13H2,1H3,(H,23,24);4,7,12-18,21H,2-3,5-6,8-11H2,1H3,(H,23,24);12-18,21H,2-11H2,1H3,(H,23,24);4,7,12-18,21H,2-3,5-6,8-11H2,1H3,(H,23,24);6-7,9-10,13,15-17H,2-5,8,11-12,14H2,1H3,(H,22,23)/b7-4-,18-14+;7-4-,14-13+;14-12+;7-4-,14-12+;9-7-,10-6+,18-13+/t16-,17?;3*16-,17?,18+;17-/m00000/s1. The van der Waals surface area contributed by atoms with E-state index in [-0.39, 0.29) is 114 Å². The molecule has 0 aromatic rings. The van der Waals surface area contributed by atoms with Gasteiger partial charge >= 0.3 is 29.8 Å². The van der Waals surface area contributed by atoms with Crippen molar-refractivity contribution >= 4 is 58.8 Å². The number of carbonyl (C=O) groups excluding carboxylic acids is 5. The summed E-state index contributed by atoms with van der Waals surface area (Å²) in [7, 11) is 0. The molecule has 0 bridgehead atoms. The average molecular weight is 1660 g/mol. The molecule has 9 N–H and O–H groups in total. The first kappa shape index (κ1) is 109. The number of carboxylic acid groups (broad SMARTS) is 5. The van der Waals surface area contributed by atoms with E-state index in [0.29, 0.717) is 44.9 Å². The van der Waals surface area contributed by atoms with Gasteiger partial charge in [-0.3, -0.25) is 47.9 Å². The van der Waals surface area contributed by atoms with Gasteiger partial charge in [0.15, 0.2) is 28.9 Å². The molecule has 19 heteroatoms. The Hall–Kier alpha value is -8.36. The van der Waals surface area contributed by atoms with Gasteiger partial charge in [-0.1, -0.05) is 284 Å². The largest absolute Gasteiger partial charge is 0.481 e. The quantitative estimate of drug-likeness (QED) is 0.0155. The SMILES string of the molecule is CCCCC/C=C/C=C1/C(=O)C=C[C@@H]1C/C=C\CCCC(=O)O.CCCCCC(O)/C=C/[C@H]1C(=O)C=C[C@@H]1C/C=C\CCCC(=O)O.CCCCCC(O)/C=C/[C@H]1C=CC(=O)[C@@H]1C/C=C\CCCC(=O)O.CCCCCC(O)/C=C/[C@H]1C=CC(=O)[C@@H]1CCCCCCC(=O)O.CCCCCC(O)C/C=C1/C(=O)C=C[C@@H]1C/C=C\CCCC(=O)O. The maximum Gasteiger partial charge on any atom is 0.303 e. The van der Waals surface area contributed by atoms with Crippen molar-refractivity contribution in [2.75, 3.05) is 0 Å². The second-order valence-corrected chi connectivity index (χ2v) is 31.8. The molecule has 0 spiro atoms. The van der Waals surface area contributed by atoms with E-state index >= 15 is 0 Å². The fourth-order valence-corrected chi connectivity index (χ4v) is 14.1. The molecule has 5 aliphatic rings. The van der Waals surface area contributed by atoms with Crippen molar-refractivity contribution in [2.45, 2.75) is 335 Å². The van der Waals surface area contributed by atoms with E-state index in [0.717, 1.165) is 191 Å². The van der Waals surface area contributed by atoms with E-state index in [9.17, 15) is 68.4 Å². The summed E-state index contributed by atoms with van der Waals surface area (Å²) in [4.78, 5) is 112. The molecule has 0 saturated carbocycles. The average Bonchev–Trinajstić information content (AvgIpc) is 1.76. The van der Waals surface area contributed by atoms with Gasteiger partial charge in [0.2, 0.25) is 0 Å². The van der Waals surface area contributed by atoms with Crippen LogP contribution in [-0.2, 0) is 47.9 Å². The molecular formula is C100H150O19. The maximum atomic E-state index is 12.0. The van der Waals surface area contributed by atoms with Crippen LogP contribution in [0.4, 0.5) is 0 Å². The van der Waals surface area contributed by atoms with E-state index in [1.165, 1.54) is 19.3 Å². The predicted molar refractivity (Wildman–Crippen MR) is 477 cm³/mol. The smallest absolute Gasteiger partial charge is 0.303 e. The zero-order valence-corrected chi connectivity index (χ0v) is 72.6. The third-order valence-corrected chi connectivity index (χ3v) is 21.3.